The van der Waals surface area contributed by atoms with Gasteiger partial charge in [-0.15, -0.1) is 0 Å². The van der Waals surface area contributed by atoms with Crippen LogP contribution in [0, 0.1) is 11.3 Å². The molecule has 0 fully saturated rings. The molecule has 3 aromatic rings. The average molecular weight is 339 g/mol. The molecule has 0 N–H and O–H groups in total. The molecule has 4 nitrogen and oxygen atoms in total. The minimum absolute atomic E-state index is 0.591. The van der Waals surface area contributed by atoms with Crippen molar-refractivity contribution in [2.75, 3.05) is 0 Å². The largest absolute Gasteiger partial charge is 0.325 e. The fourth-order valence-corrected chi connectivity index (χ4v) is 2.48. The predicted octanol–water partition coefficient (Wildman–Crippen LogP) is 3.63. The maximum absolute atomic E-state index is 9.18. The van der Waals surface area contributed by atoms with Gasteiger partial charge in [-0.25, -0.2) is 4.98 Å². The van der Waals surface area contributed by atoms with Gasteiger partial charge in [-0.2, -0.15) is 5.26 Å². The molecule has 21 heavy (non-hydrogen) atoms. The van der Waals surface area contributed by atoms with Crippen LogP contribution in [0.2, 0.25) is 0 Å². The summed E-state index contributed by atoms with van der Waals surface area (Å²) in [6.45, 7) is 0.591. The van der Waals surface area contributed by atoms with Crippen LogP contribution >= 0.6 is 15.9 Å². The number of halogens is 1. The number of pyridine rings is 1. The summed E-state index contributed by atoms with van der Waals surface area (Å²) in [6, 6.07) is 13.6. The summed E-state index contributed by atoms with van der Waals surface area (Å²) in [7, 11) is 0. The number of imidazole rings is 1. The molecule has 0 bridgehead atoms. The Balaban J connectivity index is 1.99. The van der Waals surface area contributed by atoms with E-state index < -0.39 is 0 Å². The van der Waals surface area contributed by atoms with Crippen molar-refractivity contribution in [3.8, 4) is 17.6 Å². The van der Waals surface area contributed by atoms with Gasteiger partial charge < -0.3 is 4.57 Å². The highest BCUT2D eigenvalue weighted by molar-refractivity contribution is 9.10. The van der Waals surface area contributed by atoms with E-state index in [1.54, 1.807) is 12.4 Å². The number of hydrogen-bond acceptors (Lipinski definition) is 3. The summed E-state index contributed by atoms with van der Waals surface area (Å²) >= 11 is 3.44. The standard InChI is InChI=1S/C16H11BrN4/c17-14-5-6-19-15(9-14)16-20-7-8-21(16)11-13-4-2-1-3-12(13)10-18/h1-9H,11H2. The molecular formula is C16H11BrN4. The Bertz CT molecular complexity index is 817. The van der Waals surface area contributed by atoms with Crippen LogP contribution in [0.15, 0.2) is 59.5 Å². The highest BCUT2D eigenvalue weighted by Crippen LogP contribution is 2.20. The van der Waals surface area contributed by atoms with E-state index in [1.807, 2.05) is 47.2 Å². The Labute approximate surface area is 130 Å². The SMILES string of the molecule is N#Cc1ccccc1Cn1ccnc1-c1cc(Br)ccn1. The molecule has 0 saturated heterocycles. The molecule has 0 atom stereocenters. The van der Waals surface area contributed by atoms with Crippen LogP contribution in [0.4, 0.5) is 0 Å². The number of nitriles is 1. The second kappa shape index (κ2) is 5.90. The van der Waals surface area contributed by atoms with Crippen molar-refractivity contribution in [1.82, 2.24) is 14.5 Å². The van der Waals surface area contributed by atoms with Crippen LogP contribution < -0.4 is 0 Å². The molecule has 1 aromatic carbocycles. The number of hydrogen-bond donors (Lipinski definition) is 0. The van der Waals surface area contributed by atoms with E-state index in [0.29, 0.717) is 12.1 Å². The van der Waals surface area contributed by atoms with Gasteiger partial charge in [0.2, 0.25) is 0 Å². The van der Waals surface area contributed by atoms with Crippen molar-refractivity contribution in [2.24, 2.45) is 0 Å². The summed E-state index contributed by atoms with van der Waals surface area (Å²) in [6.07, 6.45) is 5.38. The van der Waals surface area contributed by atoms with Crippen molar-refractivity contribution < 1.29 is 0 Å². The van der Waals surface area contributed by atoms with Gasteiger partial charge >= 0.3 is 0 Å². The zero-order valence-corrected chi connectivity index (χ0v) is 12.7. The summed E-state index contributed by atoms with van der Waals surface area (Å²) in [5.41, 5.74) is 2.44. The first-order valence-corrected chi connectivity index (χ1v) is 7.18. The second-order valence-corrected chi connectivity index (χ2v) is 5.42. The monoisotopic (exact) mass is 338 g/mol. The fraction of sp³-hybridized carbons (Fsp3) is 0.0625. The van der Waals surface area contributed by atoms with Crippen molar-refractivity contribution in [2.45, 2.75) is 6.54 Å². The molecule has 5 heteroatoms. The molecule has 3 rings (SSSR count). The first-order valence-electron chi connectivity index (χ1n) is 6.39. The predicted molar refractivity (Wildman–Crippen MR) is 83.4 cm³/mol. The molecular weight excluding hydrogens is 328 g/mol. The van der Waals surface area contributed by atoms with E-state index in [1.165, 1.54) is 0 Å². The van der Waals surface area contributed by atoms with Crippen LogP contribution in [0.25, 0.3) is 11.5 Å². The third-order valence-electron chi connectivity index (χ3n) is 3.15. The van der Waals surface area contributed by atoms with Crippen LogP contribution in [0.1, 0.15) is 11.1 Å². The third-order valence-corrected chi connectivity index (χ3v) is 3.64. The zero-order valence-electron chi connectivity index (χ0n) is 11.1. The second-order valence-electron chi connectivity index (χ2n) is 4.51. The van der Waals surface area contributed by atoms with Crippen molar-refractivity contribution >= 4 is 15.9 Å². The molecule has 0 spiro atoms. The summed E-state index contributed by atoms with van der Waals surface area (Å²) in [4.78, 5) is 8.72. The highest BCUT2D eigenvalue weighted by Gasteiger charge is 2.09. The van der Waals surface area contributed by atoms with E-state index in [-0.39, 0.29) is 0 Å². The molecule has 2 heterocycles. The molecule has 0 amide bonds. The number of aromatic nitrogens is 3. The van der Waals surface area contributed by atoms with Gasteiger partial charge in [0, 0.05) is 23.1 Å². The molecule has 0 aliphatic carbocycles. The smallest absolute Gasteiger partial charge is 0.158 e. The Morgan fingerprint density at radius 2 is 2.00 bits per heavy atom. The van der Waals surface area contributed by atoms with Gasteiger partial charge in [0.15, 0.2) is 5.82 Å². The molecule has 0 radical (unpaired) electrons. The minimum atomic E-state index is 0.591. The van der Waals surface area contributed by atoms with Crippen molar-refractivity contribution in [3.05, 3.63) is 70.6 Å². The van der Waals surface area contributed by atoms with Crippen LogP contribution in [0.3, 0.4) is 0 Å². The Kier molecular flexibility index (Phi) is 3.80. The lowest BCUT2D eigenvalue weighted by Gasteiger charge is -2.09. The first kappa shape index (κ1) is 13.5. The van der Waals surface area contributed by atoms with E-state index in [0.717, 1.165) is 21.6 Å². The summed E-state index contributed by atoms with van der Waals surface area (Å²) in [5, 5.41) is 9.18. The zero-order chi connectivity index (χ0) is 14.7. The van der Waals surface area contributed by atoms with Gasteiger partial charge in [0.05, 0.1) is 18.2 Å². The van der Waals surface area contributed by atoms with Crippen LogP contribution in [-0.2, 0) is 6.54 Å². The minimum Gasteiger partial charge on any atom is -0.325 e. The molecule has 2 aromatic heterocycles. The lowest BCUT2D eigenvalue weighted by atomic mass is 10.1. The Morgan fingerprint density at radius 1 is 1.14 bits per heavy atom. The van der Waals surface area contributed by atoms with Crippen LogP contribution in [-0.4, -0.2) is 14.5 Å². The maximum Gasteiger partial charge on any atom is 0.158 e. The van der Waals surface area contributed by atoms with E-state index in [4.69, 9.17) is 0 Å². The Morgan fingerprint density at radius 3 is 2.81 bits per heavy atom. The van der Waals surface area contributed by atoms with E-state index >= 15 is 0 Å². The molecule has 102 valence electrons. The quantitative estimate of drug-likeness (QED) is 0.732. The maximum atomic E-state index is 9.18. The van der Waals surface area contributed by atoms with E-state index in [2.05, 4.69) is 32.0 Å². The van der Waals surface area contributed by atoms with E-state index in [9.17, 15) is 5.26 Å². The highest BCUT2D eigenvalue weighted by atomic mass is 79.9. The number of benzene rings is 1. The van der Waals surface area contributed by atoms with Crippen LogP contribution in [0.5, 0.6) is 0 Å². The first-order chi connectivity index (χ1) is 10.3. The van der Waals surface area contributed by atoms with Gasteiger partial charge in [0.1, 0.15) is 5.69 Å². The average Bonchev–Trinajstić information content (AvgIpc) is 2.96. The number of rotatable bonds is 3. The summed E-state index contributed by atoms with van der Waals surface area (Å²) in [5.74, 6) is 0.782. The lowest BCUT2D eigenvalue weighted by Crippen LogP contribution is -2.03. The third kappa shape index (κ3) is 2.86. The fourth-order valence-electron chi connectivity index (χ4n) is 2.15. The number of nitrogens with zero attached hydrogens (tertiary/aromatic N) is 4. The Hall–Kier alpha value is -2.45. The van der Waals surface area contributed by atoms with Gasteiger partial charge in [-0.3, -0.25) is 4.98 Å². The van der Waals surface area contributed by atoms with Crippen molar-refractivity contribution in [3.63, 3.8) is 0 Å². The van der Waals surface area contributed by atoms with Gasteiger partial charge in [0.25, 0.3) is 0 Å². The summed E-state index contributed by atoms with van der Waals surface area (Å²) < 4.78 is 2.95. The topological polar surface area (TPSA) is 54.5 Å². The molecule has 0 aliphatic rings. The van der Waals surface area contributed by atoms with Gasteiger partial charge in [-0.1, -0.05) is 34.1 Å². The molecule has 0 saturated carbocycles. The normalized spacial score (nSPS) is 10.3. The van der Waals surface area contributed by atoms with Gasteiger partial charge in [-0.05, 0) is 23.8 Å². The lowest BCUT2D eigenvalue weighted by molar-refractivity contribution is 0.801. The van der Waals surface area contributed by atoms with Crippen molar-refractivity contribution in [1.29, 1.82) is 5.26 Å². The molecule has 0 unspecified atom stereocenters. The molecule has 0 aliphatic heterocycles.